The van der Waals surface area contributed by atoms with Gasteiger partial charge in [-0.15, -0.1) is 5.92 Å². The van der Waals surface area contributed by atoms with Crippen molar-refractivity contribution in [2.24, 2.45) is 11.3 Å². The molecule has 0 fully saturated rings. The van der Waals surface area contributed by atoms with Gasteiger partial charge in [-0.25, -0.2) is 0 Å². The van der Waals surface area contributed by atoms with Crippen LogP contribution < -0.4 is 0 Å². The van der Waals surface area contributed by atoms with E-state index < -0.39 is 17.3 Å². The lowest BCUT2D eigenvalue weighted by molar-refractivity contribution is -0.141. The highest BCUT2D eigenvalue weighted by Crippen LogP contribution is 2.32. The van der Waals surface area contributed by atoms with Crippen LogP contribution in [0.5, 0.6) is 0 Å². The van der Waals surface area contributed by atoms with Gasteiger partial charge in [-0.1, -0.05) is 50.0 Å². The van der Waals surface area contributed by atoms with Crippen molar-refractivity contribution in [3.8, 4) is 11.8 Å². The van der Waals surface area contributed by atoms with Crippen molar-refractivity contribution in [2.45, 2.75) is 39.5 Å². The van der Waals surface area contributed by atoms with E-state index in [1.54, 1.807) is 12.2 Å². The molecule has 2 unspecified atom stereocenters. The lowest BCUT2D eigenvalue weighted by atomic mass is 9.75. The van der Waals surface area contributed by atoms with E-state index in [2.05, 4.69) is 18.8 Å². The summed E-state index contributed by atoms with van der Waals surface area (Å²) < 4.78 is 0. The van der Waals surface area contributed by atoms with Gasteiger partial charge in [0.1, 0.15) is 0 Å². The first kappa shape index (κ1) is 13.6. The van der Waals surface area contributed by atoms with Gasteiger partial charge < -0.3 is 5.11 Å². The Labute approximate surface area is 103 Å². The largest absolute Gasteiger partial charge is 0.481 e. The van der Waals surface area contributed by atoms with Crippen LogP contribution in [0.4, 0.5) is 0 Å². The van der Waals surface area contributed by atoms with Crippen LogP contribution in [0.2, 0.25) is 0 Å². The summed E-state index contributed by atoms with van der Waals surface area (Å²) in [7, 11) is 0. The number of rotatable bonds is 4. The average Bonchev–Trinajstić information content (AvgIpc) is 2.29. The Bertz CT molecular complexity index is 381. The molecule has 1 aliphatic rings. The highest BCUT2D eigenvalue weighted by Gasteiger charge is 2.35. The van der Waals surface area contributed by atoms with E-state index in [1.165, 1.54) is 12.8 Å². The van der Waals surface area contributed by atoms with Crippen LogP contribution in [-0.4, -0.2) is 11.1 Å². The summed E-state index contributed by atoms with van der Waals surface area (Å²) in [4.78, 5) is 11.2. The zero-order valence-corrected chi connectivity index (χ0v) is 10.6. The van der Waals surface area contributed by atoms with Crippen LogP contribution in [0.25, 0.3) is 0 Å². The number of carboxylic acid groups (broad SMARTS) is 1. The first-order valence-electron chi connectivity index (χ1n) is 6.19. The molecule has 0 amide bonds. The molecule has 2 nitrogen and oxygen atoms in total. The number of carbonyl (C=O) groups is 1. The Balaban J connectivity index is 2.68. The second-order valence-corrected chi connectivity index (χ2v) is 4.60. The van der Waals surface area contributed by atoms with Gasteiger partial charge in [0.15, 0.2) is 0 Å². The van der Waals surface area contributed by atoms with Gasteiger partial charge in [0, 0.05) is 6.42 Å². The van der Waals surface area contributed by atoms with E-state index in [9.17, 15) is 4.79 Å². The monoisotopic (exact) mass is 232 g/mol. The molecule has 2 atom stereocenters. The summed E-state index contributed by atoms with van der Waals surface area (Å²) in [6, 6.07) is 0. The quantitative estimate of drug-likeness (QED) is 0.596. The summed E-state index contributed by atoms with van der Waals surface area (Å²) in [5, 5.41) is 9.16. The predicted molar refractivity (Wildman–Crippen MR) is 69.4 cm³/mol. The van der Waals surface area contributed by atoms with E-state index in [0.29, 0.717) is 0 Å². The highest BCUT2D eigenvalue weighted by molar-refractivity contribution is 5.75. The number of hydrogen-bond acceptors (Lipinski definition) is 1. The smallest absolute Gasteiger partial charge is 0.312 e. The second-order valence-electron chi connectivity index (χ2n) is 4.60. The molecule has 0 radical (unpaired) electrons. The highest BCUT2D eigenvalue weighted by atomic mass is 16.4. The molecule has 1 rings (SSSR count). The molecule has 0 heterocycles. The van der Waals surface area contributed by atoms with Crippen LogP contribution in [0, 0.1) is 23.2 Å². The molecule has 0 saturated heterocycles. The molecule has 0 spiro atoms. The first-order chi connectivity index (χ1) is 8.10. The molecule has 2 heteroatoms. The Morgan fingerprint density at radius 3 is 2.82 bits per heavy atom. The van der Waals surface area contributed by atoms with Gasteiger partial charge in [0.05, 0.1) is 11.3 Å². The summed E-state index contributed by atoms with van der Waals surface area (Å²) in [6.07, 6.45) is 11.6. The first-order valence-corrected chi connectivity index (χ1v) is 6.19. The van der Waals surface area contributed by atoms with Crippen LogP contribution in [0.3, 0.4) is 0 Å². The minimum absolute atomic E-state index is 0.536. The number of unbranched alkanes of at least 4 members (excludes halogenated alkanes) is 3. The maximum absolute atomic E-state index is 11.2. The lowest BCUT2D eigenvalue weighted by Gasteiger charge is -2.26. The molecule has 17 heavy (non-hydrogen) atoms. The SMILES string of the molecule is CCCCCC#CC1(C)C=CC=CC1C(=O)O. The Morgan fingerprint density at radius 2 is 2.18 bits per heavy atom. The third-order valence-electron chi connectivity index (χ3n) is 3.03. The summed E-state index contributed by atoms with van der Waals surface area (Å²) >= 11 is 0. The van der Waals surface area contributed by atoms with Gasteiger partial charge in [-0.05, 0) is 13.3 Å². The third kappa shape index (κ3) is 3.78. The number of hydrogen-bond donors (Lipinski definition) is 1. The molecular formula is C15H20O2. The van der Waals surface area contributed by atoms with Crippen molar-refractivity contribution in [2.75, 3.05) is 0 Å². The zero-order valence-electron chi connectivity index (χ0n) is 10.6. The maximum Gasteiger partial charge on any atom is 0.312 e. The fourth-order valence-electron chi connectivity index (χ4n) is 1.91. The molecular weight excluding hydrogens is 212 g/mol. The molecule has 1 N–H and O–H groups in total. The molecule has 0 aromatic carbocycles. The molecule has 1 aliphatic carbocycles. The fraction of sp³-hybridized carbons (Fsp3) is 0.533. The molecule has 0 aliphatic heterocycles. The van der Waals surface area contributed by atoms with Crippen molar-refractivity contribution in [3.63, 3.8) is 0 Å². The van der Waals surface area contributed by atoms with Crippen molar-refractivity contribution in [3.05, 3.63) is 24.3 Å². The predicted octanol–water partition coefficient (Wildman–Crippen LogP) is 3.40. The molecule has 0 aromatic rings. The van der Waals surface area contributed by atoms with Crippen molar-refractivity contribution >= 4 is 5.97 Å². The van der Waals surface area contributed by atoms with E-state index in [-0.39, 0.29) is 0 Å². The van der Waals surface area contributed by atoms with E-state index >= 15 is 0 Å². The Morgan fingerprint density at radius 1 is 1.41 bits per heavy atom. The lowest BCUT2D eigenvalue weighted by Crippen LogP contribution is -2.30. The van der Waals surface area contributed by atoms with Gasteiger partial charge in [-0.2, -0.15) is 0 Å². The van der Waals surface area contributed by atoms with Crippen LogP contribution in [-0.2, 0) is 4.79 Å². The summed E-state index contributed by atoms with van der Waals surface area (Å²) in [5.74, 6) is 4.89. The second kappa shape index (κ2) is 6.30. The normalized spacial score (nSPS) is 26.4. The molecule has 92 valence electrons. The standard InChI is InChI=1S/C15H20O2/c1-3-4-5-6-8-11-15(2)12-9-7-10-13(15)14(16)17/h7,9-10,12-13H,3-6H2,1-2H3,(H,16,17). The van der Waals surface area contributed by atoms with Crippen molar-refractivity contribution in [1.82, 2.24) is 0 Å². The van der Waals surface area contributed by atoms with Gasteiger partial charge >= 0.3 is 5.97 Å². The molecule has 0 saturated carbocycles. The summed E-state index contributed by atoms with van der Waals surface area (Å²) in [6.45, 7) is 4.04. The average molecular weight is 232 g/mol. The number of aliphatic carboxylic acids is 1. The fourth-order valence-corrected chi connectivity index (χ4v) is 1.91. The Hall–Kier alpha value is -1.49. The molecule has 0 bridgehead atoms. The minimum atomic E-state index is -0.809. The van der Waals surface area contributed by atoms with Gasteiger partial charge in [-0.3, -0.25) is 4.79 Å². The van der Waals surface area contributed by atoms with Crippen LogP contribution >= 0.6 is 0 Å². The Kier molecular flexibility index (Phi) is 5.03. The summed E-state index contributed by atoms with van der Waals surface area (Å²) in [5.41, 5.74) is -0.563. The van der Waals surface area contributed by atoms with Crippen molar-refractivity contribution < 1.29 is 9.90 Å². The van der Waals surface area contributed by atoms with Gasteiger partial charge in [0.2, 0.25) is 0 Å². The van der Waals surface area contributed by atoms with E-state index in [1.807, 2.05) is 19.1 Å². The molecule has 0 aromatic heterocycles. The number of allylic oxidation sites excluding steroid dienone is 3. The maximum atomic E-state index is 11.2. The third-order valence-corrected chi connectivity index (χ3v) is 3.03. The zero-order chi connectivity index (χ0) is 12.7. The topological polar surface area (TPSA) is 37.3 Å². The minimum Gasteiger partial charge on any atom is -0.481 e. The van der Waals surface area contributed by atoms with E-state index in [4.69, 9.17) is 5.11 Å². The van der Waals surface area contributed by atoms with Gasteiger partial charge in [0.25, 0.3) is 0 Å². The van der Waals surface area contributed by atoms with Crippen molar-refractivity contribution in [1.29, 1.82) is 0 Å². The van der Waals surface area contributed by atoms with Crippen LogP contribution in [0.15, 0.2) is 24.3 Å². The van der Waals surface area contributed by atoms with Crippen LogP contribution in [0.1, 0.15) is 39.5 Å². The number of carboxylic acids is 1. The van der Waals surface area contributed by atoms with E-state index in [0.717, 1.165) is 12.8 Å².